The fraction of sp³-hybridized carbons (Fsp3) is 0. The van der Waals surface area contributed by atoms with Gasteiger partial charge in [-0.2, -0.15) is 4.39 Å². The van der Waals surface area contributed by atoms with Crippen LogP contribution in [0.4, 0.5) is 20.2 Å². The van der Waals surface area contributed by atoms with E-state index in [-0.39, 0.29) is 0 Å². The second-order valence-corrected chi connectivity index (χ2v) is 5.22. The highest BCUT2D eigenvalue weighted by Crippen LogP contribution is 2.24. The zero-order valence-corrected chi connectivity index (χ0v) is 12.4. The molecule has 0 saturated heterocycles. The average molecular weight is 404 g/mol. The van der Waals surface area contributed by atoms with E-state index in [9.17, 15) is 23.7 Å². The highest BCUT2D eigenvalue weighted by molar-refractivity contribution is 14.1. The number of halogens is 3. The molecule has 0 bridgehead atoms. The second-order valence-electron chi connectivity index (χ2n) is 3.97. The quantitative estimate of drug-likeness (QED) is 0.482. The van der Waals surface area contributed by atoms with Crippen LogP contribution in [-0.2, 0) is 0 Å². The van der Waals surface area contributed by atoms with E-state index in [0.29, 0.717) is 17.8 Å². The van der Waals surface area contributed by atoms with Crippen molar-refractivity contribution in [3.63, 3.8) is 0 Å². The van der Waals surface area contributed by atoms with Crippen molar-refractivity contribution < 1.29 is 18.5 Å². The maximum Gasteiger partial charge on any atom is 0.305 e. The number of hydrogen-bond acceptors (Lipinski definition) is 3. The van der Waals surface area contributed by atoms with E-state index in [1.807, 2.05) is 0 Å². The molecule has 0 atom stereocenters. The minimum atomic E-state index is -1.50. The Hall–Kier alpha value is -2.10. The van der Waals surface area contributed by atoms with Crippen LogP contribution in [0.1, 0.15) is 10.4 Å². The molecule has 0 unspecified atom stereocenters. The number of carbonyl (C=O) groups is 1. The Morgan fingerprint density at radius 1 is 1.14 bits per heavy atom. The van der Waals surface area contributed by atoms with Gasteiger partial charge in [0.05, 0.1) is 4.92 Å². The van der Waals surface area contributed by atoms with Gasteiger partial charge in [0.2, 0.25) is 5.82 Å². The summed E-state index contributed by atoms with van der Waals surface area (Å²) in [4.78, 5) is 21.5. The Morgan fingerprint density at radius 3 is 2.33 bits per heavy atom. The van der Waals surface area contributed by atoms with E-state index in [1.165, 1.54) is 0 Å². The number of amides is 1. The molecular formula is C13H7F2IN2O3. The van der Waals surface area contributed by atoms with E-state index in [2.05, 4.69) is 27.9 Å². The van der Waals surface area contributed by atoms with Crippen molar-refractivity contribution in [2.45, 2.75) is 0 Å². The molecule has 5 nitrogen and oxygen atoms in total. The predicted molar refractivity (Wildman–Crippen MR) is 80.1 cm³/mol. The fourth-order valence-corrected chi connectivity index (χ4v) is 1.98. The minimum Gasteiger partial charge on any atom is -0.322 e. The van der Waals surface area contributed by atoms with E-state index in [4.69, 9.17) is 0 Å². The number of rotatable bonds is 3. The van der Waals surface area contributed by atoms with Gasteiger partial charge in [-0.25, -0.2) is 4.39 Å². The summed E-state index contributed by atoms with van der Waals surface area (Å²) in [5.74, 6) is -3.75. The number of benzene rings is 2. The standard InChI is InChI=1S/C13H7F2IN2O3/c14-9-5-6-10(18(20)21)12(15)11(9)13(19)17-8-3-1-7(16)2-4-8/h1-6H,(H,17,19). The second kappa shape index (κ2) is 6.12. The van der Waals surface area contributed by atoms with Gasteiger partial charge in [0.15, 0.2) is 0 Å². The molecule has 0 heterocycles. The van der Waals surface area contributed by atoms with E-state index >= 15 is 0 Å². The lowest BCUT2D eigenvalue weighted by Gasteiger charge is -2.07. The molecule has 2 rings (SSSR count). The van der Waals surface area contributed by atoms with Crippen LogP contribution in [0.3, 0.4) is 0 Å². The van der Waals surface area contributed by atoms with Gasteiger partial charge in [-0.05, 0) is 52.9 Å². The zero-order chi connectivity index (χ0) is 15.6. The average Bonchev–Trinajstić information content (AvgIpc) is 2.41. The SMILES string of the molecule is O=C(Nc1ccc(I)cc1)c1c(F)ccc([N+](=O)[O-])c1F. The third-order valence-corrected chi connectivity index (χ3v) is 3.32. The molecule has 0 aromatic heterocycles. The molecule has 2 aromatic carbocycles. The molecule has 1 amide bonds. The lowest BCUT2D eigenvalue weighted by molar-refractivity contribution is -0.387. The largest absolute Gasteiger partial charge is 0.322 e. The first kappa shape index (κ1) is 15.3. The van der Waals surface area contributed by atoms with Gasteiger partial charge in [0.1, 0.15) is 11.4 Å². The summed E-state index contributed by atoms with van der Waals surface area (Å²) < 4.78 is 28.4. The molecule has 1 N–H and O–H groups in total. The first-order valence-corrected chi connectivity index (χ1v) is 6.67. The Labute approximate surface area is 131 Å². The van der Waals surface area contributed by atoms with Crippen molar-refractivity contribution in [1.82, 2.24) is 0 Å². The Balaban J connectivity index is 2.37. The van der Waals surface area contributed by atoms with Crippen LogP contribution in [0.15, 0.2) is 36.4 Å². The summed E-state index contributed by atoms with van der Waals surface area (Å²) in [6.45, 7) is 0. The third-order valence-electron chi connectivity index (χ3n) is 2.60. The summed E-state index contributed by atoms with van der Waals surface area (Å²) in [6, 6.07) is 7.84. The Kier molecular flexibility index (Phi) is 4.46. The lowest BCUT2D eigenvalue weighted by atomic mass is 10.1. The molecule has 0 spiro atoms. The zero-order valence-electron chi connectivity index (χ0n) is 10.3. The number of nitro benzene ring substituents is 1. The van der Waals surface area contributed by atoms with Crippen LogP contribution in [0.25, 0.3) is 0 Å². The molecule has 0 fully saturated rings. The smallest absolute Gasteiger partial charge is 0.305 e. The summed E-state index contributed by atoms with van der Waals surface area (Å²) in [7, 11) is 0. The highest BCUT2D eigenvalue weighted by atomic mass is 127. The highest BCUT2D eigenvalue weighted by Gasteiger charge is 2.26. The molecule has 0 aliphatic carbocycles. The Bertz CT molecular complexity index is 720. The van der Waals surface area contributed by atoms with Gasteiger partial charge in [0, 0.05) is 15.3 Å². The number of hydrogen-bond donors (Lipinski definition) is 1. The van der Waals surface area contributed by atoms with Crippen molar-refractivity contribution in [2.75, 3.05) is 5.32 Å². The molecule has 0 aliphatic heterocycles. The van der Waals surface area contributed by atoms with Gasteiger partial charge in [-0.15, -0.1) is 0 Å². The summed E-state index contributed by atoms with van der Waals surface area (Å²) >= 11 is 2.06. The number of nitrogens with one attached hydrogen (secondary N) is 1. The van der Waals surface area contributed by atoms with Crippen LogP contribution in [-0.4, -0.2) is 10.8 Å². The number of nitrogens with zero attached hydrogens (tertiary/aromatic N) is 1. The topological polar surface area (TPSA) is 72.2 Å². The molecular weight excluding hydrogens is 397 g/mol. The monoisotopic (exact) mass is 404 g/mol. The molecule has 0 saturated carbocycles. The number of carbonyl (C=O) groups excluding carboxylic acids is 1. The maximum absolute atomic E-state index is 13.9. The predicted octanol–water partition coefficient (Wildman–Crippen LogP) is 3.73. The van der Waals surface area contributed by atoms with Gasteiger partial charge in [-0.1, -0.05) is 0 Å². The van der Waals surface area contributed by atoms with Crippen molar-refractivity contribution in [2.24, 2.45) is 0 Å². The molecule has 108 valence electrons. The van der Waals surface area contributed by atoms with Crippen molar-refractivity contribution in [1.29, 1.82) is 0 Å². The third kappa shape index (κ3) is 3.32. The first-order chi connectivity index (χ1) is 9.90. The summed E-state index contributed by atoms with van der Waals surface area (Å²) in [6.07, 6.45) is 0. The van der Waals surface area contributed by atoms with Crippen LogP contribution in [0.5, 0.6) is 0 Å². The molecule has 0 radical (unpaired) electrons. The molecule has 8 heteroatoms. The van der Waals surface area contributed by atoms with Crippen LogP contribution >= 0.6 is 22.6 Å². The fourth-order valence-electron chi connectivity index (χ4n) is 1.62. The van der Waals surface area contributed by atoms with Crippen molar-refractivity contribution >= 4 is 39.9 Å². The van der Waals surface area contributed by atoms with Gasteiger partial charge < -0.3 is 5.32 Å². The molecule has 21 heavy (non-hydrogen) atoms. The van der Waals surface area contributed by atoms with Crippen LogP contribution < -0.4 is 5.32 Å². The Morgan fingerprint density at radius 2 is 1.76 bits per heavy atom. The van der Waals surface area contributed by atoms with Crippen LogP contribution in [0, 0.1) is 25.3 Å². The number of nitro groups is 1. The maximum atomic E-state index is 13.9. The molecule has 2 aromatic rings. The van der Waals surface area contributed by atoms with Gasteiger partial charge in [0.25, 0.3) is 5.91 Å². The normalized spacial score (nSPS) is 10.2. The number of anilines is 1. The minimum absolute atomic E-state index is 0.325. The van der Waals surface area contributed by atoms with Crippen LogP contribution in [0.2, 0.25) is 0 Å². The van der Waals surface area contributed by atoms with E-state index < -0.39 is 33.7 Å². The van der Waals surface area contributed by atoms with Crippen molar-refractivity contribution in [3.05, 3.63) is 67.3 Å². The summed E-state index contributed by atoms with van der Waals surface area (Å²) in [5.41, 5.74) is -1.61. The molecule has 0 aliphatic rings. The van der Waals surface area contributed by atoms with E-state index in [1.54, 1.807) is 24.3 Å². The summed E-state index contributed by atoms with van der Waals surface area (Å²) in [5, 5.41) is 12.9. The van der Waals surface area contributed by atoms with Gasteiger partial charge in [-0.3, -0.25) is 14.9 Å². The van der Waals surface area contributed by atoms with Gasteiger partial charge >= 0.3 is 5.69 Å². The van der Waals surface area contributed by atoms with E-state index in [0.717, 1.165) is 3.57 Å². The lowest BCUT2D eigenvalue weighted by Crippen LogP contribution is -2.16. The first-order valence-electron chi connectivity index (χ1n) is 5.59. The van der Waals surface area contributed by atoms with Crippen molar-refractivity contribution in [3.8, 4) is 0 Å².